The number of benzene rings is 1. The third-order valence-electron chi connectivity index (χ3n) is 3.60. The average Bonchev–Trinajstić information content (AvgIpc) is 2.81. The molecule has 1 amide bonds. The molecule has 1 aliphatic heterocycles. The Morgan fingerprint density at radius 3 is 2.63 bits per heavy atom. The van der Waals surface area contributed by atoms with E-state index in [-0.39, 0.29) is 5.91 Å². The Morgan fingerprint density at radius 2 is 2.05 bits per heavy atom. The molecule has 1 heterocycles. The van der Waals surface area contributed by atoms with Gasteiger partial charge in [0.25, 0.3) is 0 Å². The summed E-state index contributed by atoms with van der Waals surface area (Å²) in [5, 5.41) is 6.63. The zero-order valence-electron chi connectivity index (χ0n) is 11.9. The Bertz CT molecular complexity index is 402. The van der Waals surface area contributed by atoms with Gasteiger partial charge in [0.05, 0.1) is 0 Å². The van der Waals surface area contributed by atoms with Crippen LogP contribution in [0.1, 0.15) is 44.7 Å². The van der Waals surface area contributed by atoms with E-state index in [9.17, 15) is 4.79 Å². The molecule has 0 bridgehead atoms. The number of hydrogen-bond donors (Lipinski definition) is 2. The van der Waals surface area contributed by atoms with Crippen LogP contribution in [0.15, 0.2) is 30.3 Å². The molecule has 1 fully saturated rings. The zero-order valence-corrected chi connectivity index (χ0v) is 11.9. The molecule has 2 N–H and O–H groups in total. The summed E-state index contributed by atoms with van der Waals surface area (Å²) in [5.41, 5.74) is 1.33. The van der Waals surface area contributed by atoms with Crippen molar-refractivity contribution >= 4 is 5.91 Å². The Balaban J connectivity index is 1.92. The molecule has 1 aliphatic rings. The van der Waals surface area contributed by atoms with Crippen LogP contribution in [0.5, 0.6) is 0 Å². The van der Waals surface area contributed by atoms with E-state index in [0.29, 0.717) is 24.4 Å². The van der Waals surface area contributed by atoms with Crippen LogP contribution in [0.25, 0.3) is 0 Å². The Morgan fingerprint density at radius 1 is 1.32 bits per heavy atom. The summed E-state index contributed by atoms with van der Waals surface area (Å²) >= 11 is 0. The lowest BCUT2D eigenvalue weighted by molar-refractivity contribution is -0.119. The van der Waals surface area contributed by atoms with E-state index >= 15 is 0 Å². The van der Waals surface area contributed by atoms with E-state index in [1.54, 1.807) is 0 Å². The number of nitrogens with one attached hydrogen (secondary N) is 2. The van der Waals surface area contributed by atoms with Crippen molar-refractivity contribution in [2.75, 3.05) is 6.54 Å². The predicted octanol–water partition coefficient (Wildman–Crippen LogP) is 2.64. The summed E-state index contributed by atoms with van der Waals surface area (Å²) in [7, 11) is 0. The smallest absolute Gasteiger partial charge is 0.220 e. The summed E-state index contributed by atoms with van der Waals surface area (Å²) in [5.74, 6) is 0.836. The molecule has 2 atom stereocenters. The fraction of sp³-hybridized carbons (Fsp3) is 0.562. The van der Waals surface area contributed by atoms with Gasteiger partial charge in [0.2, 0.25) is 5.91 Å². The molecule has 0 spiro atoms. The number of amides is 1. The first kappa shape index (κ1) is 14.1. The molecular formula is C16H24N2O. The molecule has 0 aliphatic carbocycles. The predicted molar refractivity (Wildman–Crippen MR) is 77.8 cm³/mol. The van der Waals surface area contributed by atoms with Crippen molar-refractivity contribution in [2.45, 2.75) is 45.2 Å². The molecule has 1 aromatic rings. The van der Waals surface area contributed by atoms with Gasteiger partial charge in [0.15, 0.2) is 0 Å². The van der Waals surface area contributed by atoms with E-state index in [2.05, 4.69) is 48.7 Å². The molecule has 2 rings (SSSR count). The van der Waals surface area contributed by atoms with Crippen LogP contribution in [0.2, 0.25) is 0 Å². The number of rotatable bonds is 6. The van der Waals surface area contributed by atoms with Crippen LogP contribution in [0.4, 0.5) is 0 Å². The van der Waals surface area contributed by atoms with Crippen LogP contribution in [0.3, 0.4) is 0 Å². The van der Waals surface area contributed by atoms with Gasteiger partial charge in [-0.25, -0.2) is 0 Å². The number of carbonyl (C=O) groups is 1. The van der Waals surface area contributed by atoms with Crippen molar-refractivity contribution in [2.24, 2.45) is 5.92 Å². The van der Waals surface area contributed by atoms with Crippen LogP contribution < -0.4 is 10.6 Å². The minimum Gasteiger partial charge on any atom is -0.352 e. The lowest BCUT2D eigenvalue weighted by Gasteiger charge is -2.23. The summed E-state index contributed by atoms with van der Waals surface area (Å²) in [6.07, 6.45) is 2.74. The van der Waals surface area contributed by atoms with Crippen molar-refractivity contribution in [1.29, 1.82) is 0 Å². The number of carbonyl (C=O) groups excluding carboxylic acids is 1. The molecule has 0 aromatic heterocycles. The fourth-order valence-electron chi connectivity index (χ4n) is 2.61. The van der Waals surface area contributed by atoms with E-state index < -0.39 is 0 Å². The van der Waals surface area contributed by atoms with Gasteiger partial charge in [-0.3, -0.25) is 4.79 Å². The van der Waals surface area contributed by atoms with Crippen molar-refractivity contribution in [1.82, 2.24) is 10.6 Å². The Labute approximate surface area is 115 Å². The van der Waals surface area contributed by atoms with Gasteiger partial charge in [-0.15, -0.1) is 0 Å². The first-order valence-corrected chi connectivity index (χ1v) is 7.23. The summed E-state index contributed by atoms with van der Waals surface area (Å²) in [6.45, 7) is 5.35. The molecule has 3 heteroatoms. The topological polar surface area (TPSA) is 41.1 Å². The molecule has 104 valence electrons. The fourth-order valence-corrected chi connectivity index (χ4v) is 2.61. The maximum Gasteiger partial charge on any atom is 0.220 e. The number of hydrogen-bond acceptors (Lipinski definition) is 2. The van der Waals surface area contributed by atoms with E-state index in [4.69, 9.17) is 0 Å². The third kappa shape index (κ3) is 4.35. The van der Waals surface area contributed by atoms with Crippen LogP contribution in [-0.2, 0) is 4.79 Å². The Hall–Kier alpha value is -1.35. The second-order valence-corrected chi connectivity index (χ2v) is 5.80. The van der Waals surface area contributed by atoms with Crippen molar-refractivity contribution in [3.8, 4) is 0 Å². The molecule has 1 aromatic carbocycles. The quantitative estimate of drug-likeness (QED) is 0.825. The van der Waals surface area contributed by atoms with Crippen molar-refractivity contribution in [3.63, 3.8) is 0 Å². The van der Waals surface area contributed by atoms with E-state index in [0.717, 1.165) is 19.4 Å². The first-order valence-electron chi connectivity index (χ1n) is 7.23. The highest BCUT2D eigenvalue weighted by Crippen LogP contribution is 2.21. The largest absolute Gasteiger partial charge is 0.352 e. The van der Waals surface area contributed by atoms with Crippen molar-refractivity contribution < 1.29 is 4.79 Å². The minimum absolute atomic E-state index is 0.187. The summed E-state index contributed by atoms with van der Waals surface area (Å²) in [4.78, 5) is 11.2. The highest BCUT2D eigenvalue weighted by Gasteiger charge is 2.22. The summed E-state index contributed by atoms with van der Waals surface area (Å²) in [6, 6.07) is 11.2. The van der Waals surface area contributed by atoms with Gasteiger partial charge in [0, 0.05) is 25.0 Å². The maximum absolute atomic E-state index is 11.2. The monoisotopic (exact) mass is 260 g/mol. The van der Waals surface area contributed by atoms with Gasteiger partial charge < -0.3 is 10.6 Å². The van der Waals surface area contributed by atoms with Crippen molar-refractivity contribution in [3.05, 3.63) is 35.9 Å². The standard InChI is InChI=1S/C16H24N2O/c1-12(2)10-15(13-6-4-3-5-7-13)17-11-14-8-9-16(19)18-14/h3-7,12,14-15,17H,8-11H2,1-2H3,(H,18,19). The van der Waals surface area contributed by atoms with Crippen LogP contribution >= 0.6 is 0 Å². The SMILES string of the molecule is CC(C)CC(NCC1CCC(=O)N1)c1ccccc1. The van der Waals surface area contributed by atoms with Gasteiger partial charge in [-0.05, 0) is 24.3 Å². The van der Waals surface area contributed by atoms with Crippen LogP contribution in [-0.4, -0.2) is 18.5 Å². The second kappa shape index (κ2) is 6.71. The molecule has 0 saturated carbocycles. The molecule has 2 unspecified atom stereocenters. The molecular weight excluding hydrogens is 236 g/mol. The molecule has 19 heavy (non-hydrogen) atoms. The normalized spacial score (nSPS) is 20.6. The minimum atomic E-state index is 0.187. The van der Waals surface area contributed by atoms with Gasteiger partial charge in [-0.2, -0.15) is 0 Å². The van der Waals surface area contributed by atoms with Gasteiger partial charge in [0.1, 0.15) is 0 Å². The maximum atomic E-state index is 11.2. The van der Waals surface area contributed by atoms with E-state index in [1.807, 2.05) is 6.07 Å². The highest BCUT2D eigenvalue weighted by molar-refractivity contribution is 5.78. The van der Waals surface area contributed by atoms with Gasteiger partial charge >= 0.3 is 0 Å². The lowest BCUT2D eigenvalue weighted by Crippen LogP contribution is -2.37. The zero-order chi connectivity index (χ0) is 13.7. The third-order valence-corrected chi connectivity index (χ3v) is 3.60. The Kier molecular flexibility index (Phi) is 4.97. The lowest BCUT2D eigenvalue weighted by atomic mass is 9.97. The van der Waals surface area contributed by atoms with Crippen LogP contribution in [0, 0.1) is 5.92 Å². The van der Waals surface area contributed by atoms with E-state index in [1.165, 1.54) is 5.56 Å². The highest BCUT2D eigenvalue weighted by atomic mass is 16.1. The molecule has 3 nitrogen and oxygen atoms in total. The molecule has 0 radical (unpaired) electrons. The second-order valence-electron chi connectivity index (χ2n) is 5.80. The average molecular weight is 260 g/mol. The van der Waals surface area contributed by atoms with Gasteiger partial charge in [-0.1, -0.05) is 44.2 Å². The summed E-state index contributed by atoms with van der Waals surface area (Å²) < 4.78 is 0. The first-order chi connectivity index (χ1) is 9.15. The molecule has 1 saturated heterocycles.